The molecule has 2 aliphatic carbocycles. The van der Waals surface area contributed by atoms with Gasteiger partial charge < -0.3 is 19.8 Å². The molecule has 2 N–H and O–H groups in total. The quantitative estimate of drug-likeness (QED) is 0.370. The summed E-state index contributed by atoms with van der Waals surface area (Å²) in [5.74, 6) is -2.09. The van der Waals surface area contributed by atoms with E-state index in [2.05, 4.69) is 31.0 Å². The van der Waals surface area contributed by atoms with E-state index in [-0.39, 0.29) is 31.8 Å². The number of rotatable bonds is 7. The lowest BCUT2D eigenvalue weighted by Gasteiger charge is -2.35. The van der Waals surface area contributed by atoms with Crippen molar-refractivity contribution in [2.24, 2.45) is 5.41 Å². The Morgan fingerprint density at radius 3 is 2.33 bits per heavy atom. The molecule has 6 rings (SSSR count). The number of anilines is 4. The van der Waals surface area contributed by atoms with Crippen LogP contribution < -0.4 is 19.8 Å². The Labute approximate surface area is 233 Å². The van der Waals surface area contributed by atoms with Crippen LogP contribution in [0.4, 0.5) is 31.9 Å². The molecule has 1 spiro atoms. The van der Waals surface area contributed by atoms with Crippen molar-refractivity contribution in [3.63, 3.8) is 0 Å². The van der Waals surface area contributed by atoms with Crippen molar-refractivity contribution in [1.82, 2.24) is 9.97 Å². The zero-order chi connectivity index (χ0) is 27.0. The van der Waals surface area contributed by atoms with Gasteiger partial charge in [-0.05, 0) is 81.0 Å². The van der Waals surface area contributed by atoms with Crippen LogP contribution in [0.3, 0.4) is 0 Å². The molecule has 0 unspecified atom stereocenters. The summed E-state index contributed by atoms with van der Waals surface area (Å²) in [4.78, 5) is 26.8. The fourth-order valence-corrected chi connectivity index (χ4v) is 7.08. The van der Waals surface area contributed by atoms with E-state index in [1.165, 1.54) is 51.4 Å². The van der Waals surface area contributed by atoms with Gasteiger partial charge in [0, 0.05) is 61.7 Å². The normalized spacial score (nSPS) is 22.2. The van der Waals surface area contributed by atoms with Crippen LogP contribution in [0.25, 0.3) is 0 Å². The molecule has 0 radical (unpaired) electrons. The number of alkyl halides is 2. The number of aryl methyl sites for hydroxylation is 1. The first-order valence-corrected chi connectivity index (χ1v) is 15.3. The molecule has 2 saturated carbocycles. The molecule has 4 aliphatic rings. The van der Waals surface area contributed by atoms with Crippen molar-refractivity contribution in [3.05, 3.63) is 35.5 Å². The molecule has 210 valence electrons. The van der Waals surface area contributed by atoms with Gasteiger partial charge in [0.25, 0.3) is 11.8 Å². The third-order valence-electron chi connectivity index (χ3n) is 8.87. The summed E-state index contributed by atoms with van der Waals surface area (Å²) in [6.07, 6.45) is 9.67. The second-order valence-electron chi connectivity index (χ2n) is 11.8. The van der Waals surface area contributed by atoms with Crippen molar-refractivity contribution >= 4 is 41.0 Å². The third-order valence-corrected chi connectivity index (χ3v) is 10.0. The molecule has 2 aromatic rings. The summed E-state index contributed by atoms with van der Waals surface area (Å²) in [5, 5.41) is 3.62. The average Bonchev–Trinajstić information content (AvgIpc) is 3.45. The number of hydrogen-bond acceptors (Lipinski definition) is 7. The predicted molar refractivity (Wildman–Crippen MR) is 154 cm³/mol. The van der Waals surface area contributed by atoms with Crippen molar-refractivity contribution in [3.8, 4) is 0 Å². The second kappa shape index (κ2) is 10.7. The number of nitrogens with one attached hydrogen (secondary N) is 2. The minimum Gasteiger partial charge on any atom is -0.371 e. The smallest absolute Gasteiger partial charge is 0.258 e. The minimum absolute atomic E-state index is 0.192. The highest BCUT2D eigenvalue weighted by atomic mass is 32.2. The van der Waals surface area contributed by atoms with Crippen LogP contribution in [0.1, 0.15) is 80.3 Å². The molecule has 4 fully saturated rings. The molecule has 3 heterocycles. The van der Waals surface area contributed by atoms with Crippen molar-refractivity contribution in [2.45, 2.75) is 82.3 Å². The number of benzene rings is 1. The van der Waals surface area contributed by atoms with E-state index < -0.39 is 5.92 Å². The highest BCUT2D eigenvalue weighted by Gasteiger charge is 2.44. The zero-order valence-electron chi connectivity index (χ0n) is 22.6. The average molecular weight is 557 g/mol. The highest BCUT2D eigenvalue weighted by Crippen LogP contribution is 2.54. The fourth-order valence-electron chi connectivity index (χ4n) is 6.08. The number of piperidine rings is 2. The van der Waals surface area contributed by atoms with Gasteiger partial charge in [0.15, 0.2) is 0 Å². The van der Waals surface area contributed by atoms with Gasteiger partial charge in [-0.1, -0.05) is 12.8 Å². The lowest BCUT2D eigenvalue weighted by Crippen LogP contribution is -2.40. The molecule has 1 aromatic carbocycles. The highest BCUT2D eigenvalue weighted by molar-refractivity contribution is 8.01. The summed E-state index contributed by atoms with van der Waals surface area (Å²) in [5.41, 5.74) is 3.81. The van der Waals surface area contributed by atoms with Crippen LogP contribution in [0.5, 0.6) is 0 Å². The van der Waals surface area contributed by atoms with Gasteiger partial charge >= 0.3 is 0 Å². The van der Waals surface area contributed by atoms with Gasteiger partial charge in [-0.15, -0.1) is 0 Å². The Morgan fingerprint density at radius 2 is 1.64 bits per heavy atom. The van der Waals surface area contributed by atoms with E-state index in [9.17, 15) is 13.6 Å². The van der Waals surface area contributed by atoms with Gasteiger partial charge in [0.05, 0.1) is 11.3 Å². The summed E-state index contributed by atoms with van der Waals surface area (Å²) in [6, 6.07) is 7.74. The van der Waals surface area contributed by atoms with E-state index in [0.29, 0.717) is 33.7 Å². The topological polar surface area (TPSA) is 73.4 Å². The zero-order valence-corrected chi connectivity index (χ0v) is 23.5. The number of carbonyl (C=O) groups excluding carboxylic acids is 1. The van der Waals surface area contributed by atoms with E-state index in [1.807, 2.05) is 19.1 Å². The number of carbonyl (C=O) groups is 1. The molecule has 1 amide bonds. The Balaban J connectivity index is 1.20. The van der Waals surface area contributed by atoms with Crippen LogP contribution in [0.15, 0.2) is 24.3 Å². The summed E-state index contributed by atoms with van der Waals surface area (Å²) >= 11 is 1.80. The van der Waals surface area contributed by atoms with Crippen LogP contribution >= 0.6 is 11.9 Å². The molecular formula is C29H38F2N6OS. The maximum absolute atomic E-state index is 13.7. The fraction of sp³-hybridized carbons (Fsp3) is 0.621. The molecule has 0 atom stereocenters. The monoisotopic (exact) mass is 556 g/mol. The van der Waals surface area contributed by atoms with Gasteiger partial charge in [-0.3, -0.25) is 4.79 Å². The Bertz CT molecular complexity index is 1200. The molecule has 2 saturated heterocycles. The summed E-state index contributed by atoms with van der Waals surface area (Å²) in [6.45, 7) is 4.12. The first kappa shape index (κ1) is 26.6. The Hall–Kier alpha value is -2.62. The van der Waals surface area contributed by atoms with Crippen LogP contribution in [-0.2, 0) is 0 Å². The molecule has 0 bridgehead atoms. The van der Waals surface area contributed by atoms with E-state index in [0.717, 1.165) is 24.5 Å². The van der Waals surface area contributed by atoms with Crippen molar-refractivity contribution in [1.29, 1.82) is 0 Å². The van der Waals surface area contributed by atoms with E-state index in [4.69, 9.17) is 0 Å². The molecule has 39 heavy (non-hydrogen) atoms. The summed E-state index contributed by atoms with van der Waals surface area (Å²) in [7, 11) is 0. The standard InChI is InChI=1S/C29H38F2N6OS/c1-20-18-25(34-27(32-20)37-16-12-29(30,31)13-17-37)33-26(38)23-7-6-21(35-39-22-4-2-3-5-22)19-24(23)36-14-10-28(8-9-28)11-15-36/h6-7,18-19,22,35H,2-5,8-17H2,1H3,(H,32,33,34,38). The molecule has 2 aliphatic heterocycles. The number of amides is 1. The van der Waals surface area contributed by atoms with Gasteiger partial charge in [-0.25, -0.2) is 13.8 Å². The Kier molecular flexibility index (Phi) is 7.33. The summed E-state index contributed by atoms with van der Waals surface area (Å²) < 4.78 is 30.9. The van der Waals surface area contributed by atoms with Crippen molar-refractivity contribution in [2.75, 3.05) is 46.0 Å². The maximum atomic E-state index is 13.7. The number of halogens is 2. The minimum atomic E-state index is -2.64. The van der Waals surface area contributed by atoms with E-state index in [1.54, 1.807) is 22.9 Å². The molecule has 1 aromatic heterocycles. The van der Waals surface area contributed by atoms with Gasteiger partial charge in [-0.2, -0.15) is 4.98 Å². The Morgan fingerprint density at radius 1 is 0.949 bits per heavy atom. The van der Waals surface area contributed by atoms with Gasteiger partial charge in [0.2, 0.25) is 5.95 Å². The van der Waals surface area contributed by atoms with Crippen LogP contribution in [-0.4, -0.2) is 53.2 Å². The van der Waals surface area contributed by atoms with E-state index >= 15 is 0 Å². The largest absolute Gasteiger partial charge is 0.371 e. The number of aromatic nitrogens is 2. The number of hydrogen-bond donors (Lipinski definition) is 2. The lowest BCUT2D eigenvalue weighted by molar-refractivity contribution is -0.0222. The molecule has 10 heteroatoms. The lowest BCUT2D eigenvalue weighted by atomic mass is 9.93. The third kappa shape index (κ3) is 6.26. The molecular weight excluding hydrogens is 518 g/mol. The first-order chi connectivity index (χ1) is 18.8. The van der Waals surface area contributed by atoms with Crippen LogP contribution in [0, 0.1) is 12.3 Å². The van der Waals surface area contributed by atoms with Gasteiger partial charge in [0.1, 0.15) is 5.82 Å². The second-order valence-corrected chi connectivity index (χ2v) is 12.9. The van der Waals surface area contributed by atoms with Crippen LogP contribution in [0.2, 0.25) is 0 Å². The predicted octanol–water partition coefficient (Wildman–Crippen LogP) is 6.66. The molecule has 7 nitrogen and oxygen atoms in total. The van der Waals surface area contributed by atoms with Crippen molar-refractivity contribution < 1.29 is 13.6 Å². The SMILES string of the molecule is Cc1cc(NC(=O)c2ccc(NSC3CCCC3)cc2N2CCC3(CC2)CC3)nc(N2CCC(F)(F)CC2)n1. The number of nitrogens with zero attached hydrogens (tertiary/aromatic N) is 4. The first-order valence-electron chi connectivity index (χ1n) is 14.4. The maximum Gasteiger partial charge on any atom is 0.258 e.